The number of para-hydroxylation sites is 1. The summed E-state index contributed by atoms with van der Waals surface area (Å²) in [5.74, 6) is 0.296. The molecule has 0 spiro atoms. The molecule has 0 saturated carbocycles. The summed E-state index contributed by atoms with van der Waals surface area (Å²) in [5.41, 5.74) is 3.32. The van der Waals surface area contributed by atoms with Gasteiger partial charge in [0.1, 0.15) is 18.1 Å². The predicted octanol–water partition coefficient (Wildman–Crippen LogP) is 3.82. The zero-order valence-electron chi connectivity index (χ0n) is 18.2. The standard InChI is InChI=1S/C25H24N4O4/c1-15-13-17(19-5-2-3-6-20(19)26-15)14-33-18-10-8-16(9-11-18)24(31)29-12-4-7-21(29)22-23(30)28-25(32)27-22/h2-3,5-6,8-11,13,21,30H,4,7,12,14H2,1H3,(H2,27,28,32). The molecule has 0 bridgehead atoms. The molecule has 1 aliphatic heterocycles. The van der Waals surface area contributed by atoms with Gasteiger partial charge in [0.15, 0.2) is 0 Å². The number of hydrogen-bond donors (Lipinski definition) is 3. The number of carbonyl (C=O) groups excluding carboxylic acids is 1. The fourth-order valence-electron chi connectivity index (χ4n) is 4.47. The van der Waals surface area contributed by atoms with E-state index in [0.717, 1.165) is 28.6 Å². The van der Waals surface area contributed by atoms with Gasteiger partial charge in [0.2, 0.25) is 5.88 Å². The van der Waals surface area contributed by atoms with E-state index in [2.05, 4.69) is 15.0 Å². The maximum atomic E-state index is 13.1. The monoisotopic (exact) mass is 444 g/mol. The van der Waals surface area contributed by atoms with Crippen molar-refractivity contribution in [3.63, 3.8) is 0 Å². The predicted molar refractivity (Wildman–Crippen MR) is 123 cm³/mol. The molecule has 4 aromatic rings. The number of benzene rings is 2. The molecular weight excluding hydrogens is 420 g/mol. The Bertz CT molecular complexity index is 1370. The van der Waals surface area contributed by atoms with Crippen LogP contribution in [-0.4, -0.2) is 37.4 Å². The van der Waals surface area contributed by atoms with Gasteiger partial charge in [-0.25, -0.2) is 4.79 Å². The average Bonchev–Trinajstić information content (AvgIpc) is 3.42. The highest BCUT2D eigenvalue weighted by molar-refractivity contribution is 5.94. The summed E-state index contributed by atoms with van der Waals surface area (Å²) in [6, 6.07) is 16.7. The third-order valence-corrected chi connectivity index (χ3v) is 6.01. The number of nitrogens with one attached hydrogen (secondary N) is 2. The van der Waals surface area contributed by atoms with Crippen molar-refractivity contribution in [1.29, 1.82) is 0 Å². The van der Waals surface area contributed by atoms with E-state index in [-0.39, 0.29) is 17.8 Å². The van der Waals surface area contributed by atoms with Crippen LogP contribution in [-0.2, 0) is 6.61 Å². The van der Waals surface area contributed by atoms with Crippen molar-refractivity contribution in [3.8, 4) is 11.6 Å². The molecule has 0 aliphatic carbocycles. The van der Waals surface area contributed by atoms with Crippen LogP contribution in [0.5, 0.6) is 11.6 Å². The van der Waals surface area contributed by atoms with Crippen LogP contribution in [0.2, 0.25) is 0 Å². The molecule has 5 rings (SSSR count). The summed E-state index contributed by atoms with van der Waals surface area (Å²) < 4.78 is 5.99. The second-order valence-electron chi connectivity index (χ2n) is 8.25. The number of rotatable bonds is 5. The van der Waals surface area contributed by atoms with Crippen LogP contribution >= 0.6 is 0 Å². The summed E-state index contributed by atoms with van der Waals surface area (Å²) in [5, 5.41) is 11.0. The number of aromatic amines is 2. The lowest BCUT2D eigenvalue weighted by atomic mass is 10.1. The van der Waals surface area contributed by atoms with Crippen LogP contribution < -0.4 is 10.4 Å². The fourth-order valence-corrected chi connectivity index (χ4v) is 4.47. The summed E-state index contributed by atoms with van der Waals surface area (Å²) >= 11 is 0. The van der Waals surface area contributed by atoms with E-state index in [1.807, 2.05) is 37.3 Å². The summed E-state index contributed by atoms with van der Waals surface area (Å²) in [7, 11) is 0. The normalized spacial score (nSPS) is 15.8. The van der Waals surface area contributed by atoms with Crippen LogP contribution in [0.25, 0.3) is 10.9 Å². The van der Waals surface area contributed by atoms with Crippen molar-refractivity contribution in [3.05, 3.63) is 87.6 Å². The van der Waals surface area contributed by atoms with Crippen molar-refractivity contribution >= 4 is 16.8 Å². The van der Waals surface area contributed by atoms with Gasteiger partial charge in [-0.2, -0.15) is 0 Å². The van der Waals surface area contributed by atoms with Crippen LogP contribution in [0, 0.1) is 6.92 Å². The maximum absolute atomic E-state index is 13.1. The van der Waals surface area contributed by atoms with Gasteiger partial charge in [0.05, 0.1) is 11.6 Å². The molecule has 8 heteroatoms. The number of imidazole rings is 1. The third kappa shape index (κ3) is 4.07. The largest absolute Gasteiger partial charge is 0.493 e. The number of fused-ring (bicyclic) bond motifs is 1. The smallest absolute Gasteiger partial charge is 0.326 e. The molecule has 1 unspecified atom stereocenters. The van der Waals surface area contributed by atoms with E-state index in [1.54, 1.807) is 29.2 Å². The Labute approximate surface area is 189 Å². The summed E-state index contributed by atoms with van der Waals surface area (Å²) in [6.07, 6.45) is 1.47. The number of aromatic hydroxyl groups is 1. The Morgan fingerprint density at radius 2 is 1.97 bits per heavy atom. The average molecular weight is 444 g/mol. The quantitative estimate of drug-likeness (QED) is 0.433. The zero-order valence-corrected chi connectivity index (χ0v) is 18.2. The van der Waals surface area contributed by atoms with Gasteiger partial charge in [0, 0.05) is 28.8 Å². The molecule has 33 heavy (non-hydrogen) atoms. The molecule has 3 heterocycles. The SMILES string of the molecule is Cc1cc(COc2ccc(C(=O)N3CCCC3c3[nH]c(=O)[nH]c3O)cc2)c2ccccc2n1. The van der Waals surface area contributed by atoms with Crippen molar-refractivity contribution in [2.45, 2.75) is 32.4 Å². The van der Waals surface area contributed by atoms with Crippen LogP contribution in [0.1, 0.15) is 46.2 Å². The molecule has 1 saturated heterocycles. The Morgan fingerprint density at radius 3 is 2.73 bits per heavy atom. The van der Waals surface area contributed by atoms with Crippen LogP contribution in [0.3, 0.4) is 0 Å². The molecule has 1 fully saturated rings. The maximum Gasteiger partial charge on any atom is 0.326 e. The van der Waals surface area contributed by atoms with E-state index in [1.165, 1.54) is 0 Å². The van der Waals surface area contributed by atoms with E-state index >= 15 is 0 Å². The van der Waals surface area contributed by atoms with Crippen molar-refractivity contribution in [1.82, 2.24) is 19.9 Å². The molecule has 8 nitrogen and oxygen atoms in total. The minimum absolute atomic E-state index is 0.152. The number of pyridine rings is 1. The highest BCUT2D eigenvalue weighted by Gasteiger charge is 2.33. The highest BCUT2D eigenvalue weighted by atomic mass is 16.5. The van der Waals surface area contributed by atoms with Gasteiger partial charge >= 0.3 is 5.69 Å². The van der Waals surface area contributed by atoms with Gasteiger partial charge in [-0.1, -0.05) is 18.2 Å². The van der Waals surface area contributed by atoms with Gasteiger partial charge in [-0.05, 0) is 56.2 Å². The molecule has 2 aromatic carbocycles. The van der Waals surface area contributed by atoms with Crippen LogP contribution in [0.4, 0.5) is 0 Å². The highest BCUT2D eigenvalue weighted by Crippen LogP contribution is 2.35. The second kappa shape index (κ2) is 8.46. The fraction of sp³-hybridized carbons (Fsp3) is 0.240. The first-order valence-electron chi connectivity index (χ1n) is 10.9. The topological polar surface area (TPSA) is 111 Å². The number of nitrogens with zero attached hydrogens (tertiary/aromatic N) is 2. The van der Waals surface area contributed by atoms with E-state index < -0.39 is 5.69 Å². The Balaban J connectivity index is 1.30. The number of carbonyl (C=O) groups is 1. The number of amides is 1. The molecular formula is C25H24N4O4. The minimum atomic E-state index is -0.486. The van der Waals surface area contributed by atoms with E-state index in [4.69, 9.17) is 4.74 Å². The molecule has 1 atom stereocenters. The zero-order chi connectivity index (χ0) is 22.9. The molecule has 0 radical (unpaired) electrons. The summed E-state index contributed by atoms with van der Waals surface area (Å²) in [4.78, 5) is 35.8. The number of ether oxygens (including phenoxy) is 1. The first-order valence-corrected chi connectivity index (χ1v) is 10.9. The van der Waals surface area contributed by atoms with E-state index in [0.29, 0.717) is 36.6 Å². The van der Waals surface area contributed by atoms with Crippen LogP contribution in [0.15, 0.2) is 59.4 Å². The lowest BCUT2D eigenvalue weighted by molar-refractivity contribution is 0.0731. The number of hydrogen-bond acceptors (Lipinski definition) is 5. The lowest BCUT2D eigenvalue weighted by Crippen LogP contribution is -2.31. The first-order chi connectivity index (χ1) is 16.0. The second-order valence-corrected chi connectivity index (χ2v) is 8.25. The Morgan fingerprint density at radius 1 is 1.18 bits per heavy atom. The van der Waals surface area contributed by atoms with Crippen molar-refractivity contribution in [2.75, 3.05) is 6.54 Å². The molecule has 2 aromatic heterocycles. The summed E-state index contributed by atoms with van der Waals surface area (Å²) in [6.45, 7) is 2.92. The van der Waals surface area contributed by atoms with Crippen molar-refractivity contribution in [2.24, 2.45) is 0 Å². The Hall–Kier alpha value is -4.07. The molecule has 1 aliphatic rings. The number of H-pyrrole nitrogens is 2. The molecule has 168 valence electrons. The third-order valence-electron chi connectivity index (χ3n) is 6.01. The number of aryl methyl sites for hydroxylation is 1. The van der Waals surface area contributed by atoms with E-state index in [9.17, 15) is 14.7 Å². The van der Waals surface area contributed by atoms with Crippen molar-refractivity contribution < 1.29 is 14.6 Å². The number of aromatic nitrogens is 3. The number of likely N-dealkylation sites (tertiary alicyclic amines) is 1. The van der Waals surface area contributed by atoms with Gasteiger partial charge < -0.3 is 19.7 Å². The molecule has 3 N–H and O–H groups in total. The Kier molecular flexibility index (Phi) is 5.34. The minimum Gasteiger partial charge on any atom is -0.493 e. The first kappa shape index (κ1) is 20.8. The van der Waals surface area contributed by atoms with Gasteiger partial charge in [-0.15, -0.1) is 0 Å². The van der Waals surface area contributed by atoms with Gasteiger partial charge in [-0.3, -0.25) is 14.8 Å². The molecule has 1 amide bonds. The van der Waals surface area contributed by atoms with Gasteiger partial charge in [0.25, 0.3) is 5.91 Å². The lowest BCUT2D eigenvalue weighted by Gasteiger charge is -2.24.